The number of carbonyl (C=O) groups is 7. The zero-order valence-electron chi connectivity index (χ0n) is 16.7. The number of hydrogen-bond donors (Lipinski definition) is 0. The number of amides is 5. The molecule has 13 heteroatoms. The molecule has 2 heterocycles. The van der Waals surface area contributed by atoms with E-state index in [1.54, 1.807) is 20.8 Å². The minimum absolute atomic E-state index is 0.119. The van der Waals surface area contributed by atoms with E-state index in [0.717, 1.165) is 0 Å². The van der Waals surface area contributed by atoms with Crippen LogP contribution < -0.4 is 0 Å². The lowest BCUT2D eigenvalue weighted by molar-refractivity contribution is -0.200. The van der Waals surface area contributed by atoms with E-state index in [2.05, 4.69) is 9.68 Å². The van der Waals surface area contributed by atoms with Crippen molar-refractivity contribution in [1.82, 2.24) is 15.0 Å². The quantitative estimate of drug-likeness (QED) is 0.503. The van der Waals surface area contributed by atoms with E-state index >= 15 is 0 Å². The van der Waals surface area contributed by atoms with Crippen LogP contribution in [0.1, 0.15) is 46.5 Å². The summed E-state index contributed by atoms with van der Waals surface area (Å²) >= 11 is 0. The molecule has 0 unspecified atom stereocenters. The van der Waals surface area contributed by atoms with Crippen LogP contribution in [0.25, 0.3) is 0 Å². The molecule has 2 aliphatic heterocycles. The van der Waals surface area contributed by atoms with Gasteiger partial charge in [0.25, 0.3) is 23.6 Å². The summed E-state index contributed by atoms with van der Waals surface area (Å²) in [7, 11) is 0. The predicted molar refractivity (Wildman–Crippen MR) is 92.2 cm³/mol. The molecule has 2 fully saturated rings. The molecule has 0 aromatic rings. The first-order valence-electron chi connectivity index (χ1n) is 8.98. The number of ether oxygens (including phenoxy) is 1. The van der Waals surface area contributed by atoms with Crippen molar-refractivity contribution < 1.29 is 48.0 Å². The van der Waals surface area contributed by atoms with E-state index in [1.807, 2.05) is 0 Å². The van der Waals surface area contributed by atoms with Crippen LogP contribution in [0.2, 0.25) is 0 Å². The Labute approximate surface area is 170 Å². The molecule has 0 N–H and O–H groups in total. The summed E-state index contributed by atoms with van der Waals surface area (Å²) < 4.78 is 5.10. The molecule has 0 atom stereocenters. The number of imide groups is 2. The normalized spacial score (nSPS) is 16.8. The van der Waals surface area contributed by atoms with Gasteiger partial charge in [-0.05, 0) is 20.8 Å². The Morgan fingerprint density at radius 3 is 1.40 bits per heavy atom. The smallest absolute Gasteiger partial charge is 0.411 e. The van der Waals surface area contributed by atoms with Crippen LogP contribution >= 0.6 is 0 Å². The molecule has 0 aliphatic carbocycles. The lowest BCUT2D eigenvalue weighted by atomic mass is 10.2. The van der Waals surface area contributed by atoms with Gasteiger partial charge in [0.15, 0.2) is 0 Å². The highest BCUT2D eigenvalue weighted by Crippen LogP contribution is 2.15. The first-order chi connectivity index (χ1) is 13.9. The average Bonchev–Trinajstić information content (AvgIpc) is 3.10. The van der Waals surface area contributed by atoms with E-state index in [0.29, 0.717) is 4.90 Å². The van der Waals surface area contributed by atoms with Crippen LogP contribution in [-0.4, -0.2) is 75.4 Å². The van der Waals surface area contributed by atoms with Crippen molar-refractivity contribution >= 4 is 41.7 Å². The maximum Gasteiger partial charge on any atom is 0.411 e. The van der Waals surface area contributed by atoms with Gasteiger partial charge in [0.05, 0.1) is 0 Å². The maximum absolute atomic E-state index is 12.4. The number of hydrogen-bond acceptors (Lipinski definition) is 10. The lowest BCUT2D eigenvalue weighted by Crippen LogP contribution is -2.46. The second-order valence-electron chi connectivity index (χ2n) is 7.43. The molecule has 0 radical (unpaired) electrons. The third kappa shape index (κ3) is 5.99. The monoisotopic (exact) mass is 427 g/mol. The minimum atomic E-state index is -1.19. The third-order valence-corrected chi connectivity index (χ3v) is 3.69. The van der Waals surface area contributed by atoms with E-state index in [9.17, 15) is 33.6 Å². The molecule has 13 nitrogen and oxygen atoms in total. The minimum Gasteiger partial charge on any atom is -0.444 e. The lowest BCUT2D eigenvalue weighted by Gasteiger charge is -2.26. The van der Waals surface area contributed by atoms with Crippen LogP contribution in [0.5, 0.6) is 0 Å². The average molecular weight is 427 g/mol. The van der Waals surface area contributed by atoms with Crippen LogP contribution in [0.4, 0.5) is 4.79 Å². The van der Waals surface area contributed by atoms with Gasteiger partial charge in [-0.25, -0.2) is 14.4 Å². The first-order valence-corrected chi connectivity index (χ1v) is 8.98. The molecule has 164 valence electrons. The number of nitrogens with zero attached hydrogens (tertiary/aromatic N) is 3. The van der Waals surface area contributed by atoms with Crippen molar-refractivity contribution in [1.29, 1.82) is 0 Å². The Bertz CT molecular complexity index is 716. The summed E-state index contributed by atoms with van der Waals surface area (Å²) in [5, 5.41) is 0.574. The van der Waals surface area contributed by atoms with Crippen molar-refractivity contribution in [3.05, 3.63) is 0 Å². The molecule has 2 saturated heterocycles. The zero-order chi connectivity index (χ0) is 22.6. The molecule has 0 aromatic carbocycles. The summed E-state index contributed by atoms with van der Waals surface area (Å²) in [6.07, 6.45) is -1.58. The SMILES string of the molecule is CC(C)(C)OC(=O)N(CC(=O)ON1C(=O)CCC1=O)CC(=O)ON1C(=O)CCC1=O. The van der Waals surface area contributed by atoms with E-state index in [4.69, 9.17) is 4.74 Å². The van der Waals surface area contributed by atoms with Gasteiger partial charge in [0.1, 0.15) is 18.7 Å². The van der Waals surface area contributed by atoms with Crippen LogP contribution in [0, 0.1) is 0 Å². The molecule has 0 bridgehead atoms. The van der Waals surface area contributed by atoms with Crippen molar-refractivity contribution in [2.75, 3.05) is 13.1 Å². The molecule has 0 spiro atoms. The highest BCUT2D eigenvalue weighted by atomic mass is 16.7. The van der Waals surface area contributed by atoms with Gasteiger partial charge in [0.2, 0.25) is 0 Å². The zero-order valence-corrected chi connectivity index (χ0v) is 16.7. The van der Waals surface area contributed by atoms with E-state index in [1.165, 1.54) is 0 Å². The predicted octanol–water partition coefficient (Wildman–Crippen LogP) is -0.562. The van der Waals surface area contributed by atoms with Crippen LogP contribution in [0.3, 0.4) is 0 Å². The Hall–Kier alpha value is -3.51. The highest BCUT2D eigenvalue weighted by Gasteiger charge is 2.36. The third-order valence-electron chi connectivity index (χ3n) is 3.69. The first kappa shape index (κ1) is 22.8. The number of hydroxylamine groups is 4. The molecular weight excluding hydrogens is 406 g/mol. The summed E-state index contributed by atoms with van der Waals surface area (Å²) in [5.41, 5.74) is -0.981. The molecular formula is C17H21N3O10. The van der Waals surface area contributed by atoms with Crippen LogP contribution in [0.15, 0.2) is 0 Å². The topological polar surface area (TPSA) is 157 Å². The van der Waals surface area contributed by atoms with E-state index < -0.39 is 60.4 Å². The summed E-state index contributed by atoms with van der Waals surface area (Å²) in [4.78, 5) is 92.7. The molecule has 0 aromatic heterocycles. The Balaban J connectivity index is 2.05. The fraction of sp³-hybridized carbons (Fsp3) is 0.588. The molecule has 0 saturated carbocycles. The Kier molecular flexibility index (Phi) is 6.74. The van der Waals surface area contributed by atoms with Crippen molar-refractivity contribution in [2.24, 2.45) is 0 Å². The highest BCUT2D eigenvalue weighted by molar-refractivity contribution is 6.02. The molecule has 2 aliphatic rings. The van der Waals surface area contributed by atoms with Crippen molar-refractivity contribution in [3.8, 4) is 0 Å². The number of rotatable bonds is 6. The van der Waals surface area contributed by atoms with Crippen molar-refractivity contribution in [2.45, 2.75) is 52.1 Å². The van der Waals surface area contributed by atoms with E-state index in [-0.39, 0.29) is 35.8 Å². The number of carbonyl (C=O) groups excluding carboxylic acids is 7. The maximum atomic E-state index is 12.4. The molecule has 2 rings (SSSR count). The Morgan fingerprint density at radius 2 is 1.10 bits per heavy atom. The van der Waals surface area contributed by atoms with Gasteiger partial charge in [-0.3, -0.25) is 24.1 Å². The fourth-order valence-corrected chi connectivity index (χ4v) is 2.40. The molecule has 30 heavy (non-hydrogen) atoms. The summed E-state index contributed by atoms with van der Waals surface area (Å²) in [6, 6.07) is 0. The standard InChI is InChI=1S/C17H21N3O10/c1-17(2,3)28-16(27)18(8-14(25)29-19-10(21)4-5-11(19)22)9-15(26)30-20-12(23)6-7-13(20)24/h4-9H2,1-3H3. The van der Waals surface area contributed by atoms with Crippen molar-refractivity contribution in [3.63, 3.8) is 0 Å². The largest absolute Gasteiger partial charge is 0.444 e. The van der Waals surface area contributed by atoms with Gasteiger partial charge >= 0.3 is 18.0 Å². The Morgan fingerprint density at radius 1 is 0.767 bits per heavy atom. The summed E-state index contributed by atoms with van der Waals surface area (Å²) in [5.74, 6) is -5.26. The van der Waals surface area contributed by atoms with Gasteiger partial charge in [-0.15, -0.1) is 10.1 Å². The second kappa shape index (κ2) is 8.88. The van der Waals surface area contributed by atoms with Crippen LogP contribution in [-0.2, 0) is 43.2 Å². The molecule has 5 amide bonds. The van der Waals surface area contributed by atoms with Gasteiger partial charge < -0.3 is 14.4 Å². The second-order valence-corrected chi connectivity index (χ2v) is 7.43. The van der Waals surface area contributed by atoms with Gasteiger partial charge in [-0.1, -0.05) is 0 Å². The fourth-order valence-electron chi connectivity index (χ4n) is 2.40. The van der Waals surface area contributed by atoms with Gasteiger partial charge in [0, 0.05) is 25.7 Å². The van der Waals surface area contributed by atoms with Gasteiger partial charge in [-0.2, -0.15) is 0 Å². The summed E-state index contributed by atoms with van der Waals surface area (Å²) in [6.45, 7) is 2.89.